The van der Waals surface area contributed by atoms with E-state index in [2.05, 4.69) is 4.98 Å². The highest BCUT2D eigenvalue weighted by Gasteiger charge is 2.20. The second kappa shape index (κ2) is 5.65. The molecule has 0 aliphatic rings. The van der Waals surface area contributed by atoms with Crippen LogP contribution in [0.25, 0.3) is 20.8 Å². The van der Waals surface area contributed by atoms with Gasteiger partial charge in [0.25, 0.3) is 10.1 Å². The molecule has 6 N–H and O–H groups in total. The van der Waals surface area contributed by atoms with E-state index >= 15 is 0 Å². The third-order valence-electron chi connectivity index (χ3n) is 3.12. The Labute approximate surface area is 131 Å². The van der Waals surface area contributed by atoms with Gasteiger partial charge in [0.05, 0.1) is 10.2 Å². The van der Waals surface area contributed by atoms with Gasteiger partial charge in [-0.2, -0.15) is 8.42 Å². The number of aryl methyl sites for hydroxylation is 1. The molecular formula is C14H15N3O3S2. The van der Waals surface area contributed by atoms with Crippen LogP contribution in [0.5, 0.6) is 0 Å². The fourth-order valence-corrected chi connectivity index (χ4v) is 4.45. The molecule has 0 aliphatic heterocycles. The molecule has 3 aromatic rings. The maximum absolute atomic E-state index is 11.6. The van der Waals surface area contributed by atoms with E-state index in [-0.39, 0.29) is 11.0 Å². The number of thiazole rings is 1. The molecular weight excluding hydrogens is 322 g/mol. The van der Waals surface area contributed by atoms with E-state index in [0.717, 1.165) is 5.56 Å². The zero-order valence-electron chi connectivity index (χ0n) is 11.8. The van der Waals surface area contributed by atoms with Gasteiger partial charge in [-0.25, -0.2) is 4.98 Å². The predicted molar refractivity (Wildman–Crippen MR) is 89.0 cm³/mol. The molecule has 1 heterocycles. The number of nitrogens with two attached hydrogens (primary N) is 1. The zero-order valence-corrected chi connectivity index (χ0v) is 13.4. The topological polar surface area (TPSA) is 128 Å². The first-order valence-electron chi connectivity index (χ1n) is 6.10. The minimum absolute atomic E-state index is 0. The van der Waals surface area contributed by atoms with Crippen LogP contribution in [0.3, 0.4) is 0 Å². The van der Waals surface area contributed by atoms with Gasteiger partial charge in [0.2, 0.25) is 0 Å². The van der Waals surface area contributed by atoms with Crippen molar-refractivity contribution < 1.29 is 13.0 Å². The maximum atomic E-state index is 11.6. The molecule has 2 aromatic carbocycles. The highest BCUT2D eigenvalue weighted by Crippen LogP contribution is 2.35. The lowest BCUT2D eigenvalue weighted by Crippen LogP contribution is -2.00. The predicted octanol–water partition coefficient (Wildman–Crippen LogP) is 3.26. The molecule has 0 amide bonds. The minimum Gasteiger partial charge on any atom is -0.399 e. The smallest absolute Gasteiger partial charge is 0.296 e. The molecule has 0 saturated carbocycles. The van der Waals surface area contributed by atoms with Gasteiger partial charge in [-0.3, -0.25) is 4.55 Å². The number of fused-ring (bicyclic) bond motifs is 1. The summed E-state index contributed by atoms with van der Waals surface area (Å²) in [5.41, 5.74) is 8.19. The molecule has 0 radical (unpaired) electrons. The zero-order chi connectivity index (χ0) is 15.2. The largest absolute Gasteiger partial charge is 0.399 e. The number of benzene rings is 2. The van der Waals surface area contributed by atoms with E-state index in [0.29, 0.717) is 26.5 Å². The van der Waals surface area contributed by atoms with Gasteiger partial charge in [-0.1, -0.05) is 6.07 Å². The van der Waals surface area contributed by atoms with Crippen molar-refractivity contribution in [2.24, 2.45) is 0 Å². The number of nitrogens with zero attached hydrogens (tertiary/aromatic N) is 1. The summed E-state index contributed by atoms with van der Waals surface area (Å²) in [7, 11) is -4.29. The molecule has 0 spiro atoms. The SMILES string of the molecule is Cc1ccc2nc(-c3ccc(N)cc3)sc2c1S(=O)(=O)O.N. The monoisotopic (exact) mass is 337 g/mol. The van der Waals surface area contributed by atoms with Gasteiger partial charge in [0.15, 0.2) is 0 Å². The fourth-order valence-electron chi connectivity index (χ4n) is 2.14. The van der Waals surface area contributed by atoms with Crippen molar-refractivity contribution >= 4 is 37.4 Å². The Hall–Kier alpha value is -2.00. The molecule has 116 valence electrons. The van der Waals surface area contributed by atoms with Crippen LogP contribution in [0.4, 0.5) is 5.69 Å². The first-order valence-corrected chi connectivity index (χ1v) is 8.35. The Bertz CT molecular complexity index is 932. The van der Waals surface area contributed by atoms with Crippen LogP contribution in [-0.4, -0.2) is 18.0 Å². The second-order valence-corrected chi connectivity index (χ2v) is 7.03. The lowest BCUT2D eigenvalue weighted by atomic mass is 10.2. The Morgan fingerprint density at radius 1 is 1.14 bits per heavy atom. The molecule has 0 bridgehead atoms. The highest BCUT2D eigenvalue weighted by atomic mass is 32.2. The Kier molecular flexibility index (Phi) is 4.21. The quantitative estimate of drug-likeness (QED) is 0.486. The standard InChI is InChI=1S/C14H12N2O3S2.H3N/c1-8-2-7-11-12(13(8)21(17,18)19)20-14(16-11)9-3-5-10(15)6-4-9;/h2-7H,15H2,1H3,(H,17,18,19);1H3. The number of nitrogen functional groups attached to an aromatic ring is 1. The molecule has 0 unspecified atom stereocenters. The summed E-state index contributed by atoms with van der Waals surface area (Å²) in [5.74, 6) is 0. The van der Waals surface area contributed by atoms with Gasteiger partial charge in [-0.05, 0) is 42.8 Å². The van der Waals surface area contributed by atoms with Crippen LogP contribution in [0.15, 0.2) is 41.3 Å². The molecule has 0 fully saturated rings. The molecule has 0 atom stereocenters. The number of hydrogen-bond donors (Lipinski definition) is 3. The minimum atomic E-state index is -4.29. The molecule has 8 heteroatoms. The average molecular weight is 337 g/mol. The first-order chi connectivity index (χ1) is 9.86. The first kappa shape index (κ1) is 16.4. The molecule has 0 aliphatic carbocycles. The van der Waals surface area contributed by atoms with Crippen LogP contribution < -0.4 is 11.9 Å². The van der Waals surface area contributed by atoms with E-state index < -0.39 is 10.1 Å². The van der Waals surface area contributed by atoms with Gasteiger partial charge in [-0.15, -0.1) is 11.3 Å². The molecule has 6 nitrogen and oxygen atoms in total. The number of hydrogen-bond acceptors (Lipinski definition) is 6. The number of aromatic nitrogens is 1. The van der Waals surface area contributed by atoms with Crippen molar-refractivity contribution in [3.63, 3.8) is 0 Å². The number of rotatable bonds is 2. The van der Waals surface area contributed by atoms with E-state index in [9.17, 15) is 13.0 Å². The normalized spacial score (nSPS) is 11.4. The van der Waals surface area contributed by atoms with E-state index in [4.69, 9.17) is 5.73 Å². The fraction of sp³-hybridized carbons (Fsp3) is 0.0714. The van der Waals surface area contributed by atoms with Crippen LogP contribution in [0.2, 0.25) is 0 Å². The summed E-state index contributed by atoms with van der Waals surface area (Å²) in [6.07, 6.45) is 0. The Morgan fingerprint density at radius 2 is 1.77 bits per heavy atom. The third-order valence-corrected chi connectivity index (χ3v) is 5.43. The summed E-state index contributed by atoms with van der Waals surface area (Å²) < 4.78 is 33.0. The lowest BCUT2D eigenvalue weighted by Gasteiger charge is -2.02. The molecule has 22 heavy (non-hydrogen) atoms. The van der Waals surface area contributed by atoms with Gasteiger partial charge >= 0.3 is 0 Å². The summed E-state index contributed by atoms with van der Waals surface area (Å²) in [6, 6.07) is 10.6. The highest BCUT2D eigenvalue weighted by molar-refractivity contribution is 7.86. The summed E-state index contributed by atoms with van der Waals surface area (Å²) >= 11 is 1.23. The Balaban J connectivity index is 0.00000176. The van der Waals surface area contributed by atoms with Crippen LogP contribution in [0, 0.1) is 6.92 Å². The van der Waals surface area contributed by atoms with Crippen LogP contribution >= 0.6 is 11.3 Å². The average Bonchev–Trinajstić information content (AvgIpc) is 2.81. The van der Waals surface area contributed by atoms with Crippen molar-refractivity contribution in [1.29, 1.82) is 0 Å². The van der Waals surface area contributed by atoms with Crippen molar-refractivity contribution in [3.05, 3.63) is 42.0 Å². The van der Waals surface area contributed by atoms with Crippen molar-refractivity contribution in [2.75, 3.05) is 5.73 Å². The Morgan fingerprint density at radius 3 is 2.36 bits per heavy atom. The van der Waals surface area contributed by atoms with Crippen molar-refractivity contribution in [2.45, 2.75) is 11.8 Å². The summed E-state index contributed by atoms with van der Waals surface area (Å²) in [5, 5.41) is 0.681. The second-order valence-electron chi connectivity index (χ2n) is 4.68. The van der Waals surface area contributed by atoms with Crippen LogP contribution in [0.1, 0.15) is 5.56 Å². The third kappa shape index (κ3) is 2.81. The molecule has 1 aromatic heterocycles. The lowest BCUT2D eigenvalue weighted by molar-refractivity contribution is 0.484. The number of anilines is 1. The van der Waals surface area contributed by atoms with E-state index in [1.807, 2.05) is 12.1 Å². The maximum Gasteiger partial charge on any atom is 0.296 e. The summed E-state index contributed by atoms with van der Waals surface area (Å²) in [6.45, 7) is 1.64. The summed E-state index contributed by atoms with van der Waals surface area (Å²) in [4.78, 5) is 4.36. The van der Waals surface area contributed by atoms with Crippen molar-refractivity contribution in [1.82, 2.24) is 11.1 Å². The van der Waals surface area contributed by atoms with E-state index in [1.165, 1.54) is 11.3 Å². The van der Waals surface area contributed by atoms with Gasteiger partial charge < -0.3 is 11.9 Å². The molecule has 0 saturated heterocycles. The van der Waals surface area contributed by atoms with Gasteiger partial charge in [0, 0.05) is 11.3 Å². The molecule has 3 rings (SSSR count). The van der Waals surface area contributed by atoms with Crippen molar-refractivity contribution in [3.8, 4) is 10.6 Å². The van der Waals surface area contributed by atoms with Crippen LogP contribution in [-0.2, 0) is 10.1 Å². The van der Waals surface area contributed by atoms with Gasteiger partial charge in [0.1, 0.15) is 9.90 Å². The van der Waals surface area contributed by atoms with E-state index in [1.54, 1.807) is 31.2 Å².